The molecule has 1 fully saturated rings. The van der Waals surface area contributed by atoms with E-state index in [4.69, 9.17) is 4.74 Å². The average Bonchev–Trinajstić information content (AvgIpc) is 2.95. The molecule has 1 aromatic rings. The maximum atomic E-state index is 5.67. The van der Waals surface area contributed by atoms with E-state index in [0.717, 1.165) is 37.8 Å². The number of hydrogen-bond acceptors (Lipinski definition) is 2. The number of benzene rings is 1. The summed E-state index contributed by atoms with van der Waals surface area (Å²) >= 11 is 0. The molecule has 0 amide bonds. The smallest absolute Gasteiger partial charge is 0.125 e. The van der Waals surface area contributed by atoms with Gasteiger partial charge in [0.25, 0.3) is 0 Å². The molecule has 3 rings (SSSR count). The molecule has 0 atom stereocenters. The fourth-order valence-electron chi connectivity index (χ4n) is 2.18. The number of fused-ring (bicyclic) bond motifs is 1. The predicted molar refractivity (Wildman–Crippen MR) is 60.4 cm³/mol. The van der Waals surface area contributed by atoms with Gasteiger partial charge in [0.1, 0.15) is 5.75 Å². The SMILES string of the molecule is c1cc(CCNC2CC2)c2c(c1)CCO2. The minimum Gasteiger partial charge on any atom is -0.493 e. The molecule has 1 aliphatic carbocycles. The van der Waals surface area contributed by atoms with Crippen molar-refractivity contribution in [2.75, 3.05) is 13.2 Å². The Kier molecular flexibility index (Phi) is 2.37. The summed E-state index contributed by atoms with van der Waals surface area (Å²) in [4.78, 5) is 0. The molecule has 1 heterocycles. The fourth-order valence-corrected chi connectivity index (χ4v) is 2.18. The molecular formula is C13H17NO. The van der Waals surface area contributed by atoms with Gasteiger partial charge >= 0.3 is 0 Å². The first-order valence-electron chi connectivity index (χ1n) is 5.90. The molecular weight excluding hydrogens is 186 g/mol. The molecule has 0 spiro atoms. The minimum atomic E-state index is 0.808. The quantitative estimate of drug-likeness (QED) is 0.807. The molecule has 15 heavy (non-hydrogen) atoms. The molecule has 0 saturated heterocycles. The van der Waals surface area contributed by atoms with Crippen LogP contribution in [0, 0.1) is 0 Å². The van der Waals surface area contributed by atoms with Crippen molar-refractivity contribution in [2.24, 2.45) is 0 Å². The van der Waals surface area contributed by atoms with Crippen LogP contribution in [-0.2, 0) is 12.8 Å². The summed E-state index contributed by atoms with van der Waals surface area (Å²) in [6, 6.07) is 7.33. The van der Waals surface area contributed by atoms with Gasteiger partial charge in [-0.05, 0) is 36.9 Å². The van der Waals surface area contributed by atoms with E-state index in [1.807, 2.05) is 0 Å². The predicted octanol–water partition coefficient (Wildman–Crippen LogP) is 1.92. The van der Waals surface area contributed by atoms with Crippen molar-refractivity contribution >= 4 is 0 Å². The second-order valence-corrected chi connectivity index (χ2v) is 4.48. The summed E-state index contributed by atoms with van der Waals surface area (Å²) in [5.74, 6) is 1.16. The zero-order valence-electron chi connectivity index (χ0n) is 8.96. The van der Waals surface area contributed by atoms with E-state index in [-0.39, 0.29) is 0 Å². The number of nitrogens with one attached hydrogen (secondary N) is 1. The van der Waals surface area contributed by atoms with Gasteiger partial charge in [0.2, 0.25) is 0 Å². The molecule has 2 heteroatoms. The van der Waals surface area contributed by atoms with Crippen molar-refractivity contribution in [1.82, 2.24) is 5.32 Å². The van der Waals surface area contributed by atoms with Crippen molar-refractivity contribution in [2.45, 2.75) is 31.7 Å². The monoisotopic (exact) mass is 203 g/mol. The van der Waals surface area contributed by atoms with Crippen LogP contribution < -0.4 is 10.1 Å². The van der Waals surface area contributed by atoms with Gasteiger partial charge in [0.05, 0.1) is 6.61 Å². The van der Waals surface area contributed by atoms with Crippen molar-refractivity contribution in [3.63, 3.8) is 0 Å². The van der Waals surface area contributed by atoms with E-state index in [1.165, 1.54) is 24.0 Å². The number of ether oxygens (including phenoxy) is 1. The lowest BCUT2D eigenvalue weighted by atomic mass is 10.1. The largest absolute Gasteiger partial charge is 0.493 e. The highest BCUT2D eigenvalue weighted by Crippen LogP contribution is 2.29. The third-order valence-corrected chi connectivity index (χ3v) is 3.20. The van der Waals surface area contributed by atoms with Crippen LogP contribution in [-0.4, -0.2) is 19.2 Å². The molecule has 80 valence electrons. The van der Waals surface area contributed by atoms with Gasteiger partial charge in [-0.3, -0.25) is 0 Å². The van der Waals surface area contributed by atoms with Crippen LogP contribution in [0.15, 0.2) is 18.2 Å². The van der Waals surface area contributed by atoms with Gasteiger partial charge in [0, 0.05) is 12.5 Å². The normalized spacial score (nSPS) is 18.7. The molecule has 1 aromatic carbocycles. The summed E-state index contributed by atoms with van der Waals surface area (Å²) in [5.41, 5.74) is 2.76. The second-order valence-electron chi connectivity index (χ2n) is 4.48. The summed E-state index contributed by atoms with van der Waals surface area (Å²) in [5, 5.41) is 3.54. The van der Waals surface area contributed by atoms with E-state index in [2.05, 4.69) is 23.5 Å². The lowest BCUT2D eigenvalue weighted by Crippen LogP contribution is -2.19. The number of hydrogen-bond donors (Lipinski definition) is 1. The Hall–Kier alpha value is -1.02. The van der Waals surface area contributed by atoms with Crippen LogP contribution in [0.4, 0.5) is 0 Å². The highest BCUT2D eigenvalue weighted by Gasteiger charge is 2.20. The first kappa shape index (κ1) is 9.22. The van der Waals surface area contributed by atoms with Crippen LogP contribution >= 0.6 is 0 Å². The van der Waals surface area contributed by atoms with Crippen LogP contribution in [0.1, 0.15) is 24.0 Å². The van der Waals surface area contributed by atoms with Gasteiger partial charge in [0.15, 0.2) is 0 Å². The van der Waals surface area contributed by atoms with Crippen LogP contribution in [0.3, 0.4) is 0 Å². The van der Waals surface area contributed by atoms with Crippen molar-refractivity contribution < 1.29 is 4.74 Å². The van der Waals surface area contributed by atoms with Crippen LogP contribution in [0.5, 0.6) is 5.75 Å². The minimum absolute atomic E-state index is 0.808. The van der Waals surface area contributed by atoms with Crippen molar-refractivity contribution in [1.29, 1.82) is 0 Å². The Balaban J connectivity index is 1.65. The first-order chi connectivity index (χ1) is 7.43. The number of rotatable bonds is 4. The summed E-state index contributed by atoms with van der Waals surface area (Å²) in [6.07, 6.45) is 4.91. The summed E-state index contributed by atoms with van der Waals surface area (Å²) in [6.45, 7) is 1.95. The van der Waals surface area contributed by atoms with E-state index in [0.29, 0.717) is 0 Å². The van der Waals surface area contributed by atoms with E-state index < -0.39 is 0 Å². The van der Waals surface area contributed by atoms with Crippen LogP contribution in [0.25, 0.3) is 0 Å². The zero-order valence-corrected chi connectivity index (χ0v) is 8.96. The molecule has 2 aliphatic rings. The summed E-state index contributed by atoms with van der Waals surface area (Å²) < 4.78 is 5.67. The Morgan fingerprint density at radius 3 is 3.13 bits per heavy atom. The molecule has 1 N–H and O–H groups in total. The number of para-hydroxylation sites is 1. The topological polar surface area (TPSA) is 21.3 Å². The molecule has 0 aromatic heterocycles. The van der Waals surface area contributed by atoms with Crippen molar-refractivity contribution in [3.8, 4) is 5.75 Å². The fraction of sp³-hybridized carbons (Fsp3) is 0.538. The Bertz CT molecular complexity index is 358. The van der Waals surface area contributed by atoms with E-state index in [1.54, 1.807) is 0 Å². The molecule has 2 nitrogen and oxygen atoms in total. The van der Waals surface area contributed by atoms with Gasteiger partial charge in [-0.2, -0.15) is 0 Å². The Labute approximate surface area is 90.6 Å². The van der Waals surface area contributed by atoms with Gasteiger partial charge in [-0.1, -0.05) is 18.2 Å². The zero-order chi connectivity index (χ0) is 10.1. The van der Waals surface area contributed by atoms with Crippen molar-refractivity contribution in [3.05, 3.63) is 29.3 Å². The lowest BCUT2D eigenvalue weighted by Gasteiger charge is -2.08. The maximum absolute atomic E-state index is 5.67. The highest BCUT2D eigenvalue weighted by molar-refractivity contribution is 5.44. The molecule has 1 saturated carbocycles. The summed E-state index contributed by atoms with van der Waals surface area (Å²) in [7, 11) is 0. The van der Waals surface area contributed by atoms with E-state index in [9.17, 15) is 0 Å². The Morgan fingerprint density at radius 2 is 2.27 bits per heavy atom. The average molecular weight is 203 g/mol. The standard InChI is InChI=1S/C13H17NO/c1-2-10(6-8-14-12-4-5-12)13-11(3-1)7-9-15-13/h1-3,12,14H,4-9H2. The van der Waals surface area contributed by atoms with Gasteiger partial charge < -0.3 is 10.1 Å². The molecule has 0 unspecified atom stereocenters. The third-order valence-electron chi connectivity index (χ3n) is 3.20. The molecule has 0 bridgehead atoms. The van der Waals surface area contributed by atoms with Gasteiger partial charge in [-0.15, -0.1) is 0 Å². The maximum Gasteiger partial charge on any atom is 0.125 e. The first-order valence-corrected chi connectivity index (χ1v) is 5.90. The third kappa shape index (κ3) is 2.00. The Morgan fingerprint density at radius 1 is 1.33 bits per heavy atom. The second kappa shape index (κ2) is 3.86. The highest BCUT2D eigenvalue weighted by atomic mass is 16.5. The van der Waals surface area contributed by atoms with E-state index >= 15 is 0 Å². The van der Waals surface area contributed by atoms with Crippen LogP contribution in [0.2, 0.25) is 0 Å². The van der Waals surface area contributed by atoms with Gasteiger partial charge in [-0.25, -0.2) is 0 Å². The lowest BCUT2D eigenvalue weighted by molar-refractivity contribution is 0.353. The molecule has 0 radical (unpaired) electrons. The molecule has 1 aliphatic heterocycles.